The largest absolute Gasteiger partial charge is 0.478 e. The molecule has 114 valence electrons. The molecule has 3 rings (SSSR count). The lowest BCUT2D eigenvalue weighted by Crippen LogP contribution is -2.32. The maximum Gasteiger partial charge on any atom is 0.337 e. The van der Waals surface area contributed by atoms with Crippen LogP contribution in [0.4, 0.5) is 11.4 Å². The number of imide groups is 2. The van der Waals surface area contributed by atoms with Gasteiger partial charge in [-0.15, -0.1) is 0 Å². The molecule has 23 heavy (non-hydrogen) atoms. The van der Waals surface area contributed by atoms with Crippen LogP contribution in [0.15, 0.2) is 42.5 Å². The lowest BCUT2D eigenvalue weighted by molar-refractivity contribution is -0.121. The summed E-state index contributed by atoms with van der Waals surface area (Å²) in [6, 6.07) is 3.57. The van der Waals surface area contributed by atoms with Gasteiger partial charge < -0.3 is 5.11 Å². The first kappa shape index (κ1) is 14.4. The normalized spacial score (nSPS) is 16.9. The average molecular weight is 312 g/mol. The molecule has 0 saturated heterocycles. The number of nitrogens with zero attached hydrogens (tertiary/aromatic N) is 2. The van der Waals surface area contributed by atoms with E-state index in [1.807, 2.05) is 0 Å². The van der Waals surface area contributed by atoms with E-state index >= 15 is 0 Å². The summed E-state index contributed by atoms with van der Waals surface area (Å²) in [5, 5.41) is 9.32. The Kier molecular flexibility index (Phi) is 3.14. The topological polar surface area (TPSA) is 112 Å². The fraction of sp³-hybridized carbons (Fsp3) is 0. The average Bonchev–Trinajstić information content (AvgIpc) is 3.01. The van der Waals surface area contributed by atoms with E-state index < -0.39 is 29.6 Å². The third-order valence-electron chi connectivity index (χ3n) is 3.33. The van der Waals surface area contributed by atoms with Crippen LogP contribution in [0.3, 0.4) is 0 Å². The van der Waals surface area contributed by atoms with E-state index in [2.05, 4.69) is 0 Å². The summed E-state index contributed by atoms with van der Waals surface area (Å²) in [6.45, 7) is 0. The Labute approximate surface area is 128 Å². The molecule has 0 aliphatic carbocycles. The minimum atomic E-state index is -1.40. The number of hydrogen-bond acceptors (Lipinski definition) is 5. The van der Waals surface area contributed by atoms with Crippen LogP contribution in [0.2, 0.25) is 0 Å². The fourth-order valence-electron chi connectivity index (χ4n) is 2.32. The maximum absolute atomic E-state index is 11.7. The predicted octanol–water partition coefficient (Wildman–Crippen LogP) is 0.244. The van der Waals surface area contributed by atoms with Gasteiger partial charge >= 0.3 is 5.97 Å². The highest BCUT2D eigenvalue weighted by atomic mass is 16.4. The molecule has 0 bridgehead atoms. The second-order valence-electron chi connectivity index (χ2n) is 4.70. The number of amides is 4. The van der Waals surface area contributed by atoms with Gasteiger partial charge in [0.25, 0.3) is 23.6 Å². The second kappa shape index (κ2) is 5.02. The highest BCUT2D eigenvalue weighted by molar-refractivity contribution is 6.30. The zero-order chi connectivity index (χ0) is 16.7. The Balaban J connectivity index is 2.09. The zero-order valence-corrected chi connectivity index (χ0v) is 11.4. The minimum Gasteiger partial charge on any atom is -0.478 e. The van der Waals surface area contributed by atoms with Gasteiger partial charge in [0.05, 0.1) is 16.9 Å². The van der Waals surface area contributed by atoms with Gasteiger partial charge in [0.2, 0.25) is 0 Å². The molecule has 8 heteroatoms. The molecular weight excluding hydrogens is 304 g/mol. The number of carboxylic acids is 1. The third kappa shape index (κ3) is 2.22. The van der Waals surface area contributed by atoms with Crippen molar-refractivity contribution in [1.29, 1.82) is 0 Å². The number of carbonyl (C=O) groups excluding carboxylic acids is 4. The predicted molar refractivity (Wildman–Crippen MR) is 76.7 cm³/mol. The van der Waals surface area contributed by atoms with Crippen molar-refractivity contribution >= 4 is 41.0 Å². The summed E-state index contributed by atoms with van der Waals surface area (Å²) in [7, 11) is 0. The summed E-state index contributed by atoms with van der Waals surface area (Å²) in [5.74, 6) is -3.94. The van der Waals surface area contributed by atoms with E-state index in [0.29, 0.717) is 4.90 Å². The van der Waals surface area contributed by atoms with E-state index in [9.17, 15) is 29.1 Å². The smallest absolute Gasteiger partial charge is 0.337 e. The second-order valence-corrected chi connectivity index (χ2v) is 4.70. The van der Waals surface area contributed by atoms with Crippen LogP contribution in [0.1, 0.15) is 10.4 Å². The van der Waals surface area contributed by atoms with Crippen molar-refractivity contribution < 1.29 is 29.1 Å². The molecule has 2 aliphatic heterocycles. The number of rotatable bonds is 3. The standard InChI is InChI=1S/C15H8N2O6/c18-11-3-4-12(19)16(11)8-1-2-10(9(7-8)15(22)23)17-13(20)5-6-14(17)21/h1-7H,(H,22,23). The Morgan fingerprint density at radius 1 is 0.783 bits per heavy atom. The summed E-state index contributed by atoms with van der Waals surface area (Å²) >= 11 is 0. The quantitative estimate of drug-likeness (QED) is 0.800. The number of carboxylic acid groups (broad SMARTS) is 1. The summed E-state index contributed by atoms with van der Waals surface area (Å²) in [6.07, 6.45) is 4.18. The molecule has 2 heterocycles. The lowest BCUT2D eigenvalue weighted by atomic mass is 10.1. The molecule has 2 aliphatic rings. The summed E-state index contributed by atoms with van der Waals surface area (Å²) in [4.78, 5) is 59.7. The van der Waals surface area contributed by atoms with Crippen molar-refractivity contribution in [2.24, 2.45) is 0 Å². The molecule has 1 aromatic carbocycles. The number of aromatic carboxylic acids is 1. The molecule has 0 atom stereocenters. The number of carbonyl (C=O) groups is 5. The molecule has 1 N–H and O–H groups in total. The van der Waals surface area contributed by atoms with Crippen molar-refractivity contribution in [3.63, 3.8) is 0 Å². The van der Waals surface area contributed by atoms with Crippen LogP contribution in [-0.2, 0) is 19.2 Å². The van der Waals surface area contributed by atoms with Gasteiger partial charge in [-0.1, -0.05) is 0 Å². The Hall–Kier alpha value is -3.55. The minimum absolute atomic E-state index is 0.0400. The Bertz CT molecular complexity index is 816. The van der Waals surface area contributed by atoms with Crippen LogP contribution in [0.25, 0.3) is 0 Å². The van der Waals surface area contributed by atoms with Gasteiger partial charge in [-0.05, 0) is 18.2 Å². The van der Waals surface area contributed by atoms with E-state index in [4.69, 9.17) is 0 Å². The van der Waals surface area contributed by atoms with Gasteiger partial charge in [-0.25, -0.2) is 14.6 Å². The van der Waals surface area contributed by atoms with Crippen molar-refractivity contribution in [3.05, 3.63) is 48.1 Å². The monoisotopic (exact) mass is 312 g/mol. The van der Waals surface area contributed by atoms with Crippen molar-refractivity contribution in [1.82, 2.24) is 0 Å². The van der Waals surface area contributed by atoms with Crippen LogP contribution >= 0.6 is 0 Å². The van der Waals surface area contributed by atoms with Crippen molar-refractivity contribution in [3.8, 4) is 0 Å². The fourth-order valence-corrected chi connectivity index (χ4v) is 2.32. The van der Waals surface area contributed by atoms with Gasteiger partial charge in [0.1, 0.15) is 0 Å². The molecular formula is C15H8N2O6. The van der Waals surface area contributed by atoms with E-state index in [1.54, 1.807) is 0 Å². The zero-order valence-electron chi connectivity index (χ0n) is 11.4. The molecule has 1 aromatic rings. The first-order valence-corrected chi connectivity index (χ1v) is 6.40. The van der Waals surface area contributed by atoms with Gasteiger partial charge in [-0.3, -0.25) is 19.2 Å². The molecule has 0 saturated carbocycles. The van der Waals surface area contributed by atoms with Crippen LogP contribution in [0, 0.1) is 0 Å². The van der Waals surface area contributed by atoms with Crippen LogP contribution in [-0.4, -0.2) is 34.7 Å². The first-order chi connectivity index (χ1) is 10.9. The lowest BCUT2D eigenvalue weighted by Gasteiger charge is -2.19. The summed E-state index contributed by atoms with van der Waals surface area (Å²) < 4.78 is 0. The van der Waals surface area contributed by atoms with Crippen LogP contribution < -0.4 is 9.80 Å². The summed E-state index contributed by atoms with van der Waals surface area (Å²) in [5.41, 5.74) is -0.466. The molecule has 0 radical (unpaired) electrons. The maximum atomic E-state index is 11.7. The highest BCUT2D eigenvalue weighted by Crippen LogP contribution is 2.29. The molecule has 0 spiro atoms. The first-order valence-electron chi connectivity index (χ1n) is 6.40. The number of hydrogen-bond donors (Lipinski definition) is 1. The molecule has 0 aromatic heterocycles. The Morgan fingerprint density at radius 2 is 1.26 bits per heavy atom. The van der Waals surface area contributed by atoms with Gasteiger partial charge in [0, 0.05) is 24.3 Å². The van der Waals surface area contributed by atoms with Gasteiger partial charge in [0.15, 0.2) is 0 Å². The van der Waals surface area contributed by atoms with E-state index in [-0.39, 0.29) is 16.9 Å². The molecule has 0 unspecified atom stereocenters. The molecule has 8 nitrogen and oxygen atoms in total. The molecule has 4 amide bonds. The SMILES string of the molecule is O=C(O)c1cc(N2C(=O)C=CC2=O)ccc1N1C(=O)C=CC1=O. The Morgan fingerprint density at radius 3 is 1.74 bits per heavy atom. The number of anilines is 2. The van der Waals surface area contributed by atoms with Crippen LogP contribution in [0.5, 0.6) is 0 Å². The highest BCUT2D eigenvalue weighted by Gasteiger charge is 2.31. The van der Waals surface area contributed by atoms with E-state index in [0.717, 1.165) is 35.3 Å². The van der Waals surface area contributed by atoms with Crippen molar-refractivity contribution in [2.45, 2.75) is 0 Å². The third-order valence-corrected chi connectivity index (χ3v) is 3.33. The van der Waals surface area contributed by atoms with E-state index in [1.165, 1.54) is 12.1 Å². The van der Waals surface area contributed by atoms with Crippen molar-refractivity contribution in [2.75, 3.05) is 9.80 Å². The number of benzene rings is 1. The molecule has 0 fully saturated rings. The van der Waals surface area contributed by atoms with Gasteiger partial charge in [-0.2, -0.15) is 0 Å².